The molecule has 0 fully saturated rings. The van der Waals surface area contributed by atoms with Gasteiger partial charge in [0.15, 0.2) is 5.69 Å². The molecule has 1 amide bonds. The number of thiophene rings is 1. The maximum atomic E-state index is 12.1. The van der Waals surface area contributed by atoms with E-state index in [9.17, 15) is 4.79 Å². The van der Waals surface area contributed by atoms with E-state index in [1.807, 2.05) is 21.5 Å². The van der Waals surface area contributed by atoms with Gasteiger partial charge in [-0.3, -0.25) is 4.79 Å². The summed E-state index contributed by atoms with van der Waals surface area (Å²) in [7, 11) is 0. The third-order valence-corrected chi connectivity index (χ3v) is 4.75. The van der Waals surface area contributed by atoms with Gasteiger partial charge in [0.05, 0.1) is 18.9 Å². The van der Waals surface area contributed by atoms with Crippen molar-refractivity contribution < 1.29 is 14.1 Å². The van der Waals surface area contributed by atoms with Gasteiger partial charge in [-0.15, -0.1) is 5.10 Å². The van der Waals surface area contributed by atoms with E-state index in [0.29, 0.717) is 32.1 Å². The van der Waals surface area contributed by atoms with Crippen LogP contribution in [-0.2, 0) is 17.9 Å². The number of aromatic nitrogens is 4. The fourth-order valence-corrected chi connectivity index (χ4v) is 3.43. The number of rotatable bonds is 4. The second-order valence-electron chi connectivity index (χ2n) is 5.99. The van der Waals surface area contributed by atoms with E-state index < -0.39 is 0 Å². The van der Waals surface area contributed by atoms with Crippen LogP contribution in [0.2, 0.25) is 0 Å². The molecule has 0 bridgehead atoms. The van der Waals surface area contributed by atoms with Gasteiger partial charge < -0.3 is 14.6 Å². The second kappa shape index (κ2) is 6.77. The van der Waals surface area contributed by atoms with Crippen molar-refractivity contribution in [2.24, 2.45) is 5.92 Å². The van der Waals surface area contributed by atoms with Crippen molar-refractivity contribution in [2.45, 2.75) is 20.1 Å². The van der Waals surface area contributed by atoms with Gasteiger partial charge >= 0.3 is 0 Å². The van der Waals surface area contributed by atoms with Gasteiger partial charge in [0, 0.05) is 36.0 Å². The minimum Gasteiger partial charge on any atom is -0.375 e. The van der Waals surface area contributed by atoms with E-state index in [1.54, 1.807) is 24.3 Å². The summed E-state index contributed by atoms with van der Waals surface area (Å²) in [6.45, 7) is 3.87. The number of hydrogen-bond acceptors (Lipinski definition) is 7. The van der Waals surface area contributed by atoms with Crippen molar-refractivity contribution in [2.75, 3.05) is 13.2 Å². The molecule has 25 heavy (non-hydrogen) atoms. The molecular weight excluding hydrogens is 342 g/mol. The molecule has 9 heteroatoms. The molecule has 0 saturated heterocycles. The summed E-state index contributed by atoms with van der Waals surface area (Å²) >= 11 is 1.63. The van der Waals surface area contributed by atoms with Crippen molar-refractivity contribution >= 4 is 17.2 Å². The smallest absolute Gasteiger partial charge is 0.273 e. The Labute approximate surface area is 147 Å². The normalized spacial score (nSPS) is 17.1. The zero-order valence-electron chi connectivity index (χ0n) is 13.6. The molecule has 1 unspecified atom stereocenters. The van der Waals surface area contributed by atoms with Crippen LogP contribution >= 0.6 is 11.3 Å². The first-order valence-electron chi connectivity index (χ1n) is 7.95. The number of carbonyl (C=O) groups is 1. The lowest BCUT2D eigenvalue weighted by Crippen LogP contribution is -2.33. The summed E-state index contributed by atoms with van der Waals surface area (Å²) in [6.07, 6.45) is 0. The van der Waals surface area contributed by atoms with E-state index in [-0.39, 0.29) is 17.5 Å². The molecule has 0 aromatic carbocycles. The van der Waals surface area contributed by atoms with E-state index in [0.717, 1.165) is 17.0 Å². The lowest BCUT2D eigenvalue weighted by molar-refractivity contribution is 0.0847. The van der Waals surface area contributed by atoms with Crippen molar-refractivity contribution in [3.05, 3.63) is 40.0 Å². The Hall–Kier alpha value is -2.52. The minimum absolute atomic E-state index is 0.107. The SMILES string of the molecule is Cc1cc(C(=O)NCC2COCc3c(-c4ccsc4)nnn3C2)no1. The van der Waals surface area contributed by atoms with Crippen LogP contribution in [0, 0.1) is 12.8 Å². The maximum Gasteiger partial charge on any atom is 0.273 e. The van der Waals surface area contributed by atoms with Gasteiger partial charge in [0.25, 0.3) is 5.91 Å². The Bertz CT molecular complexity index is 870. The number of nitrogens with zero attached hydrogens (tertiary/aromatic N) is 4. The average molecular weight is 359 g/mol. The summed E-state index contributed by atoms with van der Waals surface area (Å²) in [5.74, 6) is 0.463. The molecule has 4 rings (SSSR count). The number of hydrogen-bond donors (Lipinski definition) is 1. The molecule has 1 aliphatic heterocycles. The van der Waals surface area contributed by atoms with Gasteiger partial charge in [0.1, 0.15) is 11.5 Å². The van der Waals surface area contributed by atoms with Gasteiger partial charge in [-0.2, -0.15) is 11.3 Å². The highest BCUT2D eigenvalue weighted by molar-refractivity contribution is 7.08. The van der Waals surface area contributed by atoms with Crippen LogP contribution in [-0.4, -0.2) is 39.2 Å². The predicted octanol–water partition coefficient (Wildman–Crippen LogP) is 1.88. The molecule has 4 heterocycles. The summed E-state index contributed by atoms with van der Waals surface area (Å²) in [6, 6.07) is 3.64. The molecule has 8 nitrogen and oxygen atoms in total. The molecule has 0 saturated carbocycles. The lowest BCUT2D eigenvalue weighted by atomic mass is 10.1. The fourth-order valence-electron chi connectivity index (χ4n) is 2.79. The summed E-state index contributed by atoms with van der Waals surface area (Å²) in [5.41, 5.74) is 3.18. The van der Waals surface area contributed by atoms with Crippen LogP contribution in [0.25, 0.3) is 11.3 Å². The summed E-state index contributed by atoms with van der Waals surface area (Å²) in [4.78, 5) is 12.1. The van der Waals surface area contributed by atoms with E-state index in [1.165, 1.54) is 0 Å². The number of carbonyl (C=O) groups excluding carboxylic acids is 1. The van der Waals surface area contributed by atoms with Gasteiger partial charge in [-0.1, -0.05) is 10.4 Å². The van der Waals surface area contributed by atoms with Crippen molar-refractivity contribution in [3.8, 4) is 11.3 Å². The standard InChI is InChI=1S/C16H17N5O3S/c1-10-4-13(19-24-10)16(22)17-5-11-6-21-14(8-23-7-11)15(18-20-21)12-2-3-25-9-12/h2-4,9,11H,5-8H2,1H3,(H,17,22). The Morgan fingerprint density at radius 2 is 2.44 bits per heavy atom. The largest absolute Gasteiger partial charge is 0.375 e. The van der Waals surface area contributed by atoms with Crippen molar-refractivity contribution in [1.82, 2.24) is 25.5 Å². The number of fused-ring (bicyclic) bond motifs is 1. The second-order valence-corrected chi connectivity index (χ2v) is 6.77. The van der Waals surface area contributed by atoms with E-state index in [2.05, 4.69) is 20.8 Å². The monoisotopic (exact) mass is 359 g/mol. The number of aryl methyl sites for hydroxylation is 1. The summed E-state index contributed by atoms with van der Waals surface area (Å²) in [5, 5.41) is 19.2. The Kier molecular flexibility index (Phi) is 4.33. The van der Waals surface area contributed by atoms with Crippen molar-refractivity contribution in [1.29, 1.82) is 0 Å². The van der Waals surface area contributed by atoms with Gasteiger partial charge in [0.2, 0.25) is 0 Å². The molecule has 1 aliphatic rings. The molecular formula is C16H17N5O3S. The molecule has 1 atom stereocenters. The molecule has 0 spiro atoms. The van der Waals surface area contributed by atoms with Crippen LogP contribution in [0.15, 0.2) is 27.4 Å². The van der Waals surface area contributed by atoms with Crippen LogP contribution < -0.4 is 5.32 Å². The van der Waals surface area contributed by atoms with Gasteiger partial charge in [-0.25, -0.2) is 4.68 Å². The maximum absolute atomic E-state index is 12.1. The number of nitrogens with one attached hydrogen (secondary N) is 1. The zero-order chi connectivity index (χ0) is 17.2. The van der Waals surface area contributed by atoms with E-state index >= 15 is 0 Å². The Balaban J connectivity index is 1.43. The third kappa shape index (κ3) is 3.33. The Morgan fingerprint density at radius 3 is 3.20 bits per heavy atom. The number of amides is 1. The predicted molar refractivity (Wildman–Crippen MR) is 90.1 cm³/mol. The van der Waals surface area contributed by atoms with Crippen LogP contribution in [0.4, 0.5) is 0 Å². The topological polar surface area (TPSA) is 95.1 Å². The molecule has 3 aromatic heterocycles. The van der Waals surface area contributed by atoms with E-state index in [4.69, 9.17) is 9.26 Å². The van der Waals surface area contributed by atoms with Crippen LogP contribution in [0.1, 0.15) is 21.9 Å². The molecule has 130 valence electrons. The van der Waals surface area contributed by atoms with Crippen LogP contribution in [0.3, 0.4) is 0 Å². The fraction of sp³-hybridized carbons (Fsp3) is 0.375. The quantitative estimate of drug-likeness (QED) is 0.764. The van der Waals surface area contributed by atoms with Crippen molar-refractivity contribution in [3.63, 3.8) is 0 Å². The highest BCUT2D eigenvalue weighted by Crippen LogP contribution is 2.26. The minimum atomic E-state index is -0.251. The highest BCUT2D eigenvalue weighted by Gasteiger charge is 2.23. The third-order valence-electron chi connectivity index (χ3n) is 4.07. The highest BCUT2D eigenvalue weighted by atomic mass is 32.1. The molecule has 3 aromatic rings. The zero-order valence-corrected chi connectivity index (χ0v) is 14.5. The van der Waals surface area contributed by atoms with Crippen LogP contribution in [0.5, 0.6) is 0 Å². The number of ether oxygens (including phenoxy) is 1. The molecule has 0 aliphatic carbocycles. The first-order chi connectivity index (χ1) is 12.2. The Morgan fingerprint density at radius 1 is 1.52 bits per heavy atom. The first-order valence-corrected chi connectivity index (χ1v) is 8.89. The lowest BCUT2D eigenvalue weighted by Gasteiger charge is -2.14. The molecule has 1 N–H and O–H groups in total. The summed E-state index contributed by atoms with van der Waals surface area (Å²) < 4.78 is 12.6. The first kappa shape index (κ1) is 16.0. The van der Waals surface area contributed by atoms with Gasteiger partial charge in [-0.05, 0) is 18.4 Å². The average Bonchev–Trinajstić information content (AvgIpc) is 3.32. The molecule has 0 radical (unpaired) electrons.